The maximum absolute atomic E-state index is 9.80. The largest absolute Gasteiger partial charge is 0.491 e. The molecular weight excluding hydrogens is 187 g/mol. The summed E-state index contributed by atoms with van der Waals surface area (Å²) in [6.45, 7) is 2.37. The van der Waals surface area contributed by atoms with Crippen LogP contribution in [0, 0.1) is 0 Å². The number of benzene rings is 2. The van der Waals surface area contributed by atoms with E-state index in [2.05, 4.69) is 0 Å². The van der Waals surface area contributed by atoms with E-state index in [0.29, 0.717) is 6.61 Å². The van der Waals surface area contributed by atoms with Gasteiger partial charge in [0.25, 0.3) is 0 Å². The van der Waals surface area contributed by atoms with Gasteiger partial charge in [0.15, 0.2) is 0 Å². The first-order valence-corrected chi connectivity index (χ1v) is 5.10. The third-order valence-corrected chi connectivity index (χ3v) is 2.41. The van der Waals surface area contributed by atoms with Crippen LogP contribution in [0.5, 0.6) is 0 Å². The second-order valence-corrected chi connectivity index (χ2v) is 3.38. The minimum Gasteiger partial charge on any atom is -0.423 e. The molecule has 0 amide bonds. The van der Waals surface area contributed by atoms with Crippen molar-refractivity contribution in [3.8, 4) is 0 Å². The summed E-state index contributed by atoms with van der Waals surface area (Å²) in [7, 11) is -0.832. The molecule has 2 nitrogen and oxygen atoms in total. The van der Waals surface area contributed by atoms with Crippen LogP contribution >= 0.6 is 0 Å². The summed E-state index contributed by atoms with van der Waals surface area (Å²) in [5, 5.41) is 12.0. The number of hydrogen-bond acceptors (Lipinski definition) is 2. The molecule has 0 radical (unpaired) electrons. The molecule has 3 heteroatoms. The molecule has 0 aliphatic carbocycles. The molecule has 2 aromatic carbocycles. The summed E-state index contributed by atoms with van der Waals surface area (Å²) in [6, 6.07) is 13.8. The Morgan fingerprint density at radius 2 is 1.87 bits per heavy atom. The van der Waals surface area contributed by atoms with E-state index in [9.17, 15) is 5.02 Å². The van der Waals surface area contributed by atoms with E-state index in [1.807, 2.05) is 49.4 Å². The summed E-state index contributed by atoms with van der Waals surface area (Å²) >= 11 is 0. The van der Waals surface area contributed by atoms with Gasteiger partial charge in [-0.3, -0.25) is 0 Å². The molecule has 0 aliphatic heterocycles. The molecule has 0 heterocycles. The minimum absolute atomic E-state index is 0.504. The lowest BCUT2D eigenvalue weighted by Gasteiger charge is -2.09. The summed E-state index contributed by atoms with van der Waals surface area (Å²) in [4.78, 5) is 0. The summed E-state index contributed by atoms with van der Waals surface area (Å²) in [5.41, 5.74) is 0.829. The number of rotatable bonds is 3. The zero-order chi connectivity index (χ0) is 10.7. The monoisotopic (exact) mass is 200 g/mol. The summed E-state index contributed by atoms with van der Waals surface area (Å²) in [5.74, 6) is 0. The van der Waals surface area contributed by atoms with Gasteiger partial charge in [0.2, 0.25) is 0 Å². The highest BCUT2D eigenvalue weighted by atomic mass is 16.5. The van der Waals surface area contributed by atoms with Crippen LogP contribution < -0.4 is 5.46 Å². The predicted octanol–water partition coefficient (Wildman–Crippen LogP) is 1.56. The molecule has 0 unspecified atom stereocenters. The Bertz CT molecular complexity index is 451. The van der Waals surface area contributed by atoms with Crippen LogP contribution in [0.3, 0.4) is 0 Å². The molecule has 0 fully saturated rings. The molecule has 1 N–H and O–H groups in total. The van der Waals surface area contributed by atoms with Gasteiger partial charge in [-0.25, -0.2) is 0 Å². The molecule has 2 rings (SSSR count). The third-order valence-electron chi connectivity index (χ3n) is 2.41. The smallest absolute Gasteiger partial charge is 0.423 e. The van der Waals surface area contributed by atoms with Crippen LogP contribution in [-0.4, -0.2) is 18.7 Å². The zero-order valence-electron chi connectivity index (χ0n) is 8.68. The topological polar surface area (TPSA) is 29.5 Å². The number of hydrogen-bond donors (Lipinski definition) is 1. The van der Waals surface area contributed by atoms with Gasteiger partial charge in [-0.15, -0.1) is 0 Å². The Balaban J connectivity index is 2.50. The molecule has 76 valence electrons. The van der Waals surface area contributed by atoms with Gasteiger partial charge in [0.05, 0.1) is 0 Å². The second-order valence-electron chi connectivity index (χ2n) is 3.38. The lowest BCUT2D eigenvalue weighted by Crippen LogP contribution is -2.34. The van der Waals surface area contributed by atoms with Crippen molar-refractivity contribution in [2.45, 2.75) is 6.92 Å². The van der Waals surface area contributed by atoms with Crippen molar-refractivity contribution in [1.29, 1.82) is 0 Å². The molecule has 0 atom stereocenters. The van der Waals surface area contributed by atoms with Crippen LogP contribution in [0.25, 0.3) is 10.8 Å². The van der Waals surface area contributed by atoms with Crippen molar-refractivity contribution in [3.63, 3.8) is 0 Å². The highest BCUT2D eigenvalue weighted by Gasteiger charge is 2.17. The van der Waals surface area contributed by atoms with Crippen LogP contribution in [-0.2, 0) is 4.65 Å². The van der Waals surface area contributed by atoms with E-state index in [-0.39, 0.29) is 0 Å². The molecule has 0 bridgehead atoms. The molecule has 0 aliphatic rings. The summed E-state index contributed by atoms with van der Waals surface area (Å²) in [6.07, 6.45) is 0. The van der Waals surface area contributed by atoms with E-state index in [4.69, 9.17) is 4.65 Å². The second kappa shape index (κ2) is 4.47. The Morgan fingerprint density at radius 3 is 2.67 bits per heavy atom. The fourth-order valence-electron chi connectivity index (χ4n) is 1.71. The van der Waals surface area contributed by atoms with Crippen LogP contribution in [0.4, 0.5) is 0 Å². The SMILES string of the molecule is CCOB(O)c1cccc2ccccc12. The molecular formula is C12H13BO2. The van der Waals surface area contributed by atoms with Crippen LogP contribution in [0.1, 0.15) is 6.92 Å². The van der Waals surface area contributed by atoms with Crippen molar-refractivity contribution in [2.24, 2.45) is 0 Å². The normalized spacial score (nSPS) is 10.5. The number of fused-ring (bicyclic) bond motifs is 1. The van der Waals surface area contributed by atoms with Gasteiger partial charge >= 0.3 is 7.12 Å². The Morgan fingerprint density at radius 1 is 1.13 bits per heavy atom. The lowest BCUT2D eigenvalue weighted by molar-refractivity contribution is 0.287. The zero-order valence-corrected chi connectivity index (χ0v) is 8.68. The Labute approximate surface area is 89.6 Å². The Hall–Kier alpha value is -1.32. The van der Waals surface area contributed by atoms with Gasteiger partial charge < -0.3 is 9.68 Å². The Kier molecular flexibility index (Phi) is 3.04. The van der Waals surface area contributed by atoms with Crippen molar-refractivity contribution in [2.75, 3.05) is 6.61 Å². The van der Waals surface area contributed by atoms with Crippen molar-refractivity contribution >= 4 is 23.4 Å². The van der Waals surface area contributed by atoms with Gasteiger partial charge in [0, 0.05) is 6.61 Å². The average molecular weight is 200 g/mol. The van der Waals surface area contributed by atoms with E-state index < -0.39 is 7.12 Å². The lowest BCUT2D eigenvalue weighted by atomic mass is 9.76. The molecule has 2 aromatic rings. The first-order valence-electron chi connectivity index (χ1n) is 5.10. The van der Waals surface area contributed by atoms with Crippen molar-refractivity contribution in [1.82, 2.24) is 0 Å². The van der Waals surface area contributed by atoms with Gasteiger partial charge in [0.1, 0.15) is 0 Å². The maximum Gasteiger partial charge on any atom is 0.491 e. The maximum atomic E-state index is 9.80. The fourth-order valence-corrected chi connectivity index (χ4v) is 1.71. The van der Waals surface area contributed by atoms with Crippen LogP contribution in [0.15, 0.2) is 42.5 Å². The predicted molar refractivity (Wildman–Crippen MR) is 63.2 cm³/mol. The van der Waals surface area contributed by atoms with E-state index in [0.717, 1.165) is 16.2 Å². The molecule has 0 saturated heterocycles. The van der Waals surface area contributed by atoms with Crippen molar-refractivity contribution < 1.29 is 9.68 Å². The minimum atomic E-state index is -0.832. The van der Waals surface area contributed by atoms with E-state index in [1.165, 1.54) is 0 Å². The highest BCUT2D eigenvalue weighted by molar-refractivity contribution is 6.63. The molecule has 0 spiro atoms. The van der Waals surface area contributed by atoms with Crippen molar-refractivity contribution in [3.05, 3.63) is 42.5 Å². The van der Waals surface area contributed by atoms with Gasteiger partial charge in [-0.2, -0.15) is 0 Å². The first kappa shape index (κ1) is 10.2. The standard InChI is InChI=1S/C12H13BO2/c1-2-15-13(14)12-9-5-7-10-6-3-4-8-11(10)12/h3-9,14H,2H2,1H3. The molecule has 15 heavy (non-hydrogen) atoms. The third kappa shape index (κ3) is 2.03. The molecule has 0 aromatic heterocycles. The quantitative estimate of drug-likeness (QED) is 0.762. The van der Waals surface area contributed by atoms with Gasteiger partial charge in [-0.1, -0.05) is 42.5 Å². The first-order chi connectivity index (χ1) is 7.33. The highest BCUT2D eigenvalue weighted by Crippen LogP contribution is 2.11. The average Bonchev–Trinajstić information content (AvgIpc) is 2.28. The van der Waals surface area contributed by atoms with Crippen LogP contribution in [0.2, 0.25) is 0 Å². The van der Waals surface area contributed by atoms with E-state index >= 15 is 0 Å². The van der Waals surface area contributed by atoms with E-state index in [1.54, 1.807) is 0 Å². The molecule has 0 saturated carbocycles. The summed E-state index contributed by atoms with van der Waals surface area (Å²) < 4.78 is 5.19. The fraction of sp³-hybridized carbons (Fsp3) is 0.167. The van der Waals surface area contributed by atoms with Gasteiger partial charge in [-0.05, 0) is 23.2 Å².